The summed E-state index contributed by atoms with van der Waals surface area (Å²) in [5, 5.41) is 13.4. The first-order valence-corrected chi connectivity index (χ1v) is 6.50. The second-order valence-electron chi connectivity index (χ2n) is 5.29. The summed E-state index contributed by atoms with van der Waals surface area (Å²) >= 11 is 0. The molecule has 0 saturated carbocycles. The molecule has 1 aromatic rings. The van der Waals surface area contributed by atoms with E-state index >= 15 is 0 Å². The van der Waals surface area contributed by atoms with E-state index in [0.717, 1.165) is 31.6 Å². The molecule has 1 N–H and O–H groups in total. The summed E-state index contributed by atoms with van der Waals surface area (Å²) in [6, 6.07) is 2.31. The summed E-state index contributed by atoms with van der Waals surface area (Å²) in [6.45, 7) is 6.57. The summed E-state index contributed by atoms with van der Waals surface area (Å²) in [6.07, 6.45) is 2.13. The molecule has 1 saturated heterocycles. The van der Waals surface area contributed by atoms with Crippen LogP contribution in [0.2, 0.25) is 0 Å². The van der Waals surface area contributed by atoms with Crippen LogP contribution >= 0.6 is 0 Å². The third kappa shape index (κ3) is 2.56. The predicted octanol–water partition coefficient (Wildman–Crippen LogP) is 1.71. The van der Waals surface area contributed by atoms with Crippen molar-refractivity contribution in [1.82, 2.24) is 14.7 Å². The van der Waals surface area contributed by atoms with Crippen LogP contribution in [0.15, 0.2) is 6.07 Å². The largest absolute Gasteiger partial charge is 0.477 e. The molecule has 0 aromatic carbocycles. The first-order chi connectivity index (χ1) is 8.49. The number of nitrogens with zero attached hydrogens (tertiary/aromatic N) is 3. The number of aromatic nitrogens is 2. The first kappa shape index (κ1) is 13.1. The van der Waals surface area contributed by atoms with Gasteiger partial charge in [0.2, 0.25) is 0 Å². The van der Waals surface area contributed by atoms with Crippen molar-refractivity contribution < 1.29 is 9.90 Å². The summed E-state index contributed by atoms with van der Waals surface area (Å²) in [4.78, 5) is 13.4. The van der Waals surface area contributed by atoms with Gasteiger partial charge in [-0.25, -0.2) is 4.79 Å². The highest BCUT2D eigenvalue weighted by atomic mass is 16.4. The van der Waals surface area contributed by atoms with Crippen LogP contribution in [0.25, 0.3) is 0 Å². The number of carbonyl (C=O) groups is 1. The SMILES string of the molecule is CC(C)N1CCC(c2cc(C(=O)O)n(C)n2)CC1. The zero-order valence-corrected chi connectivity index (χ0v) is 11.3. The van der Waals surface area contributed by atoms with Crippen molar-refractivity contribution in [1.29, 1.82) is 0 Å². The second kappa shape index (κ2) is 5.10. The van der Waals surface area contributed by atoms with Crippen LogP contribution in [0, 0.1) is 0 Å². The van der Waals surface area contributed by atoms with E-state index < -0.39 is 5.97 Å². The van der Waals surface area contributed by atoms with Crippen molar-refractivity contribution in [3.8, 4) is 0 Å². The summed E-state index contributed by atoms with van der Waals surface area (Å²) in [5.41, 5.74) is 1.20. The summed E-state index contributed by atoms with van der Waals surface area (Å²) in [5.74, 6) is -0.504. The van der Waals surface area contributed by atoms with E-state index in [2.05, 4.69) is 23.8 Å². The Bertz CT molecular complexity index is 431. The lowest BCUT2D eigenvalue weighted by Crippen LogP contribution is -2.37. The Morgan fingerprint density at radius 3 is 2.50 bits per heavy atom. The minimum atomic E-state index is -0.907. The molecular formula is C13H21N3O2. The van der Waals surface area contributed by atoms with Crippen LogP contribution in [0.3, 0.4) is 0 Å². The van der Waals surface area contributed by atoms with E-state index in [4.69, 9.17) is 5.11 Å². The maximum Gasteiger partial charge on any atom is 0.354 e. The van der Waals surface area contributed by atoms with E-state index in [9.17, 15) is 4.79 Å². The third-order valence-corrected chi connectivity index (χ3v) is 3.80. The molecule has 1 aliphatic heterocycles. The van der Waals surface area contributed by atoms with Crippen LogP contribution in [-0.2, 0) is 7.05 Å². The lowest BCUT2D eigenvalue weighted by Gasteiger charge is -2.33. The number of rotatable bonds is 3. The topological polar surface area (TPSA) is 58.4 Å². The molecule has 5 nitrogen and oxygen atoms in total. The Balaban J connectivity index is 2.06. The highest BCUT2D eigenvalue weighted by molar-refractivity contribution is 5.85. The van der Waals surface area contributed by atoms with Gasteiger partial charge < -0.3 is 10.0 Å². The second-order valence-corrected chi connectivity index (χ2v) is 5.29. The quantitative estimate of drug-likeness (QED) is 0.888. The molecule has 5 heteroatoms. The number of carboxylic acid groups (broad SMARTS) is 1. The number of carboxylic acids is 1. The molecule has 0 radical (unpaired) electrons. The van der Waals surface area contributed by atoms with E-state index in [1.807, 2.05) is 0 Å². The maximum atomic E-state index is 11.0. The first-order valence-electron chi connectivity index (χ1n) is 6.50. The van der Waals surface area contributed by atoms with Gasteiger partial charge in [0.25, 0.3) is 0 Å². The van der Waals surface area contributed by atoms with Crippen LogP contribution in [0.5, 0.6) is 0 Å². The van der Waals surface area contributed by atoms with Gasteiger partial charge in [0, 0.05) is 19.0 Å². The van der Waals surface area contributed by atoms with Crippen molar-refractivity contribution in [3.05, 3.63) is 17.5 Å². The molecule has 0 atom stereocenters. The lowest BCUT2D eigenvalue weighted by molar-refractivity contribution is 0.0685. The Labute approximate surface area is 107 Å². The number of aryl methyl sites for hydroxylation is 1. The van der Waals surface area contributed by atoms with Gasteiger partial charge in [-0.2, -0.15) is 5.10 Å². The van der Waals surface area contributed by atoms with Gasteiger partial charge >= 0.3 is 5.97 Å². The molecule has 1 fully saturated rings. The lowest BCUT2D eigenvalue weighted by atomic mass is 9.93. The molecule has 0 spiro atoms. The number of likely N-dealkylation sites (tertiary alicyclic amines) is 1. The van der Waals surface area contributed by atoms with Crippen LogP contribution in [0.4, 0.5) is 0 Å². The van der Waals surface area contributed by atoms with E-state index in [1.54, 1.807) is 13.1 Å². The number of hydrogen-bond donors (Lipinski definition) is 1. The van der Waals surface area contributed by atoms with Gasteiger partial charge in [-0.1, -0.05) is 0 Å². The molecule has 2 heterocycles. The zero-order valence-electron chi connectivity index (χ0n) is 11.3. The van der Waals surface area contributed by atoms with Gasteiger partial charge in [0.05, 0.1) is 5.69 Å². The summed E-state index contributed by atoms with van der Waals surface area (Å²) < 4.78 is 1.46. The smallest absolute Gasteiger partial charge is 0.354 e. The predicted molar refractivity (Wildman–Crippen MR) is 68.9 cm³/mol. The monoisotopic (exact) mass is 251 g/mol. The molecule has 1 aromatic heterocycles. The minimum absolute atomic E-state index is 0.274. The Morgan fingerprint density at radius 1 is 1.44 bits per heavy atom. The van der Waals surface area contributed by atoms with Crippen molar-refractivity contribution in [2.45, 2.75) is 38.6 Å². The van der Waals surface area contributed by atoms with E-state index in [-0.39, 0.29) is 5.69 Å². The Morgan fingerprint density at radius 2 is 2.06 bits per heavy atom. The molecule has 0 unspecified atom stereocenters. The number of piperidine rings is 1. The maximum absolute atomic E-state index is 11.0. The fourth-order valence-electron chi connectivity index (χ4n) is 2.60. The van der Waals surface area contributed by atoms with Gasteiger partial charge in [0.1, 0.15) is 5.69 Å². The van der Waals surface area contributed by atoms with Gasteiger partial charge in [-0.3, -0.25) is 4.68 Å². The molecular weight excluding hydrogens is 230 g/mol. The highest BCUT2D eigenvalue weighted by Crippen LogP contribution is 2.28. The number of hydrogen-bond acceptors (Lipinski definition) is 3. The van der Waals surface area contributed by atoms with Crippen LogP contribution < -0.4 is 0 Å². The van der Waals surface area contributed by atoms with Crippen molar-refractivity contribution >= 4 is 5.97 Å². The van der Waals surface area contributed by atoms with Crippen LogP contribution in [0.1, 0.15) is 48.8 Å². The molecule has 100 valence electrons. The normalized spacial score (nSPS) is 18.4. The molecule has 1 aliphatic rings. The van der Waals surface area contributed by atoms with Gasteiger partial charge in [-0.15, -0.1) is 0 Å². The van der Waals surface area contributed by atoms with Crippen LogP contribution in [-0.4, -0.2) is 44.9 Å². The van der Waals surface area contributed by atoms with Gasteiger partial charge in [0.15, 0.2) is 0 Å². The molecule has 2 rings (SSSR count). The number of aromatic carboxylic acids is 1. The highest BCUT2D eigenvalue weighted by Gasteiger charge is 2.25. The minimum Gasteiger partial charge on any atom is -0.477 e. The third-order valence-electron chi connectivity index (χ3n) is 3.80. The molecule has 0 amide bonds. The Kier molecular flexibility index (Phi) is 3.71. The standard InChI is InChI=1S/C13H21N3O2/c1-9(2)16-6-4-10(5-7-16)11-8-12(13(17)18)15(3)14-11/h8-10H,4-7H2,1-3H3,(H,17,18). The fourth-order valence-corrected chi connectivity index (χ4v) is 2.60. The average molecular weight is 251 g/mol. The Hall–Kier alpha value is -1.36. The van der Waals surface area contributed by atoms with Crippen molar-refractivity contribution in [3.63, 3.8) is 0 Å². The molecule has 0 bridgehead atoms. The average Bonchev–Trinajstić information content (AvgIpc) is 2.71. The van der Waals surface area contributed by atoms with Gasteiger partial charge in [-0.05, 0) is 45.8 Å². The molecule has 18 heavy (non-hydrogen) atoms. The van der Waals surface area contributed by atoms with Crippen molar-refractivity contribution in [2.75, 3.05) is 13.1 Å². The fraction of sp³-hybridized carbons (Fsp3) is 0.692. The summed E-state index contributed by atoms with van der Waals surface area (Å²) in [7, 11) is 1.69. The van der Waals surface area contributed by atoms with E-state index in [0.29, 0.717) is 12.0 Å². The zero-order chi connectivity index (χ0) is 13.3. The molecule has 0 aliphatic carbocycles. The van der Waals surface area contributed by atoms with Crippen molar-refractivity contribution in [2.24, 2.45) is 7.05 Å². The van der Waals surface area contributed by atoms with E-state index in [1.165, 1.54) is 4.68 Å².